The molecule has 3 rings (SSSR count). The first-order valence-corrected chi connectivity index (χ1v) is 9.03. The van der Waals surface area contributed by atoms with Crippen LogP contribution in [0.4, 0.5) is 0 Å². The van der Waals surface area contributed by atoms with E-state index in [1.165, 1.54) is 0 Å². The molecule has 0 radical (unpaired) electrons. The minimum absolute atomic E-state index is 0.0732. The van der Waals surface area contributed by atoms with Crippen LogP contribution in [0.2, 0.25) is 0 Å². The topological polar surface area (TPSA) is 86.5 Å². The van der Waals surface area contributed by atoms with Crippen molar-refractivity contribution < 1.29 is 14.3 Å². The van der Waals surface area contributed by atoms with E-state index in [1.54, 1.807) is 18.3 Å². The summed E-state index contributed by atoms with van der Waals surface area (Å²) in [7, 11) is 0. The van der Waals surface area contributed by atoms with Gasteiger partial charge in [0.25, 0.3) is 5.91 Å². The lowest BCUT2D eigenvalue weighted by Crippen LogP contribution is -2.32. The van der Waals surface area contributed by atoms with Gasteiger partial charge in [0, 0.05) is 23.5 Å². The van der Waals surface area contributed by atoms with Crippen molar-refractivity contribution in [2.45, 2.75) is 33.8 Å². The van der Waals surface area contributed by atoms with Gasteiger partial charge in [0.1, 0.15) is 11.5 Å². The van der Waals surface area contributed by atoms with Gasteiger partial charge in [-0.25, -0.2) is 0 Å². The van der Waals surface area contributed by atoms with Gasteiger partial charge in [0.05, 0.1) is 23.8 Å². The van der Waals surface area contributed by atoms with E-state index >= 15 is 0 Å². The Hall–Kier alpha value is -2.34. The van der Waals surface area contributed by atoms with E-state index in [-0.39, 0.29) is 11.5 Å². The second-order valence-corrected chi connectivity index (χ2v) is 7.68. The second kappa shape index (κ2) is 7.11. The van der Waals surface area contributed by atoms with Gasteiger partial charge in [-0.1, -0.05) is 13.8 Å². The van der Waals surface area contributed by atoms with Crippen molar-refractivity contribution >= 4 is 16.8 Å². The molecule has 1 fully saturated rings. The Kier molecular flexibility index (Phi) is 5.05. The fraction of sp³-hybridized carbons (Fsp3) is 0.500. The molecule has 2 unspecified atom stereocenters. The predicted molar refractivity (Wildman–Crippen MR) is 102 cm³/mol. The molecule has 2 aromatic rings. The largest absolute Gasteiger partial charge is 0.492 e. The number of fused-ring (bicyclic) bond motifs is 1. The average molecular weight is 357 g/mol. The number of ether oxygens (including phenoxy) is 2. The highest BCUT2D eigenvalue weighted by molar-refractivity contribution is 6.01. The molecule has 2 heterocycles. The molecule has 0 spiro atoms. The molecule has 1 aromatic carbocycles. The van der Waals surface area contributed by atoms with E-state index in [0.29, 0.717) is 29.4 Å². The lowest BCUT2D eigenvalue weighted by atomic mass is 9.82. The number of carbonyl (C=O) groups is 1. The van der Waals surface area contributed by atoms with Gasteiger partial charge in [0.2, 0.25) is 0 Å². The zero-order valence-electron chi connectivity index (χ0n) is 15.8. The molecule has 0 bridgehead atoms. The van der Waals surface area contributed by atoms with Crippen LogP contribution in [0.3, 0.4) is 0 Å². The van der Waals surface area contributed by atoms with Crippen molar-refractivity contribution in [2.24, 2.45) is 17.1 Å². The molecule has 6 nitrogen and oxygen atoms in total. The van der Waals surface area contributed by atoms with Crippen molar-refractivity contribution in [3.8, 4) is 11.5 Å². The normalized spacial score (nSPS) is 22.7. The molecule has 1 aliphatic rings. The van der Waals surface area contributed by atoms with Crippen molar-refractivity contribution in [1.29, 1.82) is 0 Å². The molecular weight excluding hydrogens is 330 g/mol. The molecule has 1 amide bonds. The summed E-state index contributed by atoms with van der Waals surface area (Å²) in [5, 5.41) is 4.24. The average Bonchev–Trinajstić information content (AvgIpc) is 2.91. The maximum Gasteiger partial charge on any atom is 0.252 e. The highest BCUT2D eigenvalue weighted by atomic mass is 16.5. The van der Waals surface area contributed by atoms with Crippen LogP contribution in [-0.4, -0.2) is 36.7 Å². The number of rotatable bonds is 6. The monoisotopic (exact) mass is 357 g/mol. The van der Waals surface area contributed by atoms with Crippen LogP contribution >= 0.6 is 0 Å². The summed E-state index contributed by atoms with van der Waals surface area (Å²) in [6, 6.07) is 5.32. The van der Waals surface area contributed by atoms with Gasteiger partial charge < -0.3 is 20.5 Å². The minimum Gasteiger partial charge on any atom is -0.492 e. The number of primary amides is 1. The Morgan fingerprint density at radius 2 is 2.19 bits per heavy atom. The number of nitrogens with zero attached hydrogens (tertiary/aromatic N) is 1. The molecule has 2 atom stereocenters. The molecule has 26 heavy (non-hydrogen) atoms. The minimum atomic E-state index is -0.533. The van der Waals surface area contributed by atoms with E-state index < -0.39 is 5.91 Å². The number of aromatic nitrogens is 1. The van der Waals surface area contributed by atoms with Crippen LogP contribution < -0.4 is 20.5 Å². The van der Waals surface area contributed by atoms with E-state index in [4.69, 9.17) is 15.2 Å². The van der Waals surface area contributed by atoms with Crippen molar-refractivity contribution in [1.82, 2.24) is 10.3 Å². The summed E-state index contributed by atoms with van der Waals surface area (Å²) in [5.41, 5.74) is 6.58. The van der Waals surface area contributed by atoms with E-state index in [2.05, 4.69) is 24.1 Å². The molecule has 1 aliphatic heterocycles. The van der Waals surface area contributed by atoms with Gasteiger partial charge in [-0.3, -0.25) is 9.78 Å². The maximum absolute atomic E-state index is 11.8. The summed E-state index contributed by atoms with van der Waals surface area (Å²) in [6.45, 7) is 10.8. The molecule has 0 saturated carbocycles. The number of hydrogen-bond donors (Lipinski definition) is 2. The van der Waals surface area contributed by atoms with Gasteiger partial charge in [0.15, 0.2) is 0 Å². The van der Waals surface area contributed by atoms with Crippen molar-refractivity contribution in [3.63, 3.8) is 0 Å². The summed E-state index contributed by atoms with van der Waals surface area (Å²) in [4.78, 5) is 16.1. The second-order valence-electron chi connectivity index (χ2n) is 7.68. The first-order valence-electron chi connectivity index (χ1n) is 9.03. The lowest BCUT2D eigenvalue weighted by Gasteiger charge is -2.28. The predicted octanol–water partition coefficient (Wildman–Crippen LogP) is 2.75. The highest BCUT2D eigenvalue weighted by Crippen LogP contribution is 2.35. The molecule has 6 heteroatoms. The Morgan fingerprint density at radius 3 is 2.81 bits per heavy atom. The summed E-state index contributed by atoms with van der Waals surface area (Å²) < 4.78 is 12.0. The number of amides is 1. The number of nitrogens with one attached hydrogen (secondary N) is 1. The van der Waals surface area contributed by atoms with Crippen LogP contribution in [-0.2, 0) is 0 Å². The molecule has 1 saturated heterocycles. The zero-order chi connectivity index (χ0) is 18.9. The zero-order valence-corrected chi connectivity index (χ0v) is 15.8. The molecule has 3 N–H and O–H groups in total. The van der Waals surface area contributed by atoms with Crippen LogP contribution in [0.15, 0.2) is 24.4 Å². The Bertz CT molecular complexity index is 821. The molecule has 1 aromatic heterocycles. The van der Waals surface area contributed by atoms with Gasteiger partial charge in [-0.05, 0) is 44.5 Å². The molecular formula is C20H27N3O3. The van der Waals surface area contributed by atoms with E-state index in [0.717, 1.165) is 24.2 Å². The highest BCUT2D eigenvalue weighted by Gasteiger charge is 2.36. The van der Waals surface area contributed by atoms with E-state index in [9.17, 15) is 4.79 Å². The van der Waals surface area contributed by atoms with Crippen LogP contribution in [0, 0.1) is 11.3 Å². The smallest absolute Gasteiger partial charge is 0.252 e. The fourth-order valence-corrected chi connectivity index (χ4v) is 3.25. The summed E-state index contributed by atoms with van der Waals surface area (Å²) >= 11 is 0. The van der Waals surface area contributed by atoms with Crippen molar-refractivity contribution in [2.75, 3.05) is 19.7 Å². The van der Waals surface area contributed by atoms with E-state index in [1.807, 2.05) is 19.9 Å². The summed E-state index contributed by atoms with van der Waals surface area (Å²) in [6.07, 6.45) is 1.61. The van der Waals surface area contributed by atoms with Gasteiger partial charge in [-0.2, -0.15) is 0 Å². The fourth-order valence-electron chi connectivity index (χ4n) is 3.25. The third-order valence-corrected chi connectivity index (χ3v) is 5.16. The molecule has 0 aliphatic carbocycles. The number of nitrogens with two attached hydrogens (primary N) is 1. The van der Waals surface area contributed by atoms with Gasteiger partial charge in [-0.15, -0.1) is 0 Å². The first-order chi connectivity index (χ1) is 12.3. The Labute approximate surface area is 154 Å². The first kappa shape index (κ1) is 18.5. The van der Waals surface area contributed by atoms with Crippen LogP contribution in [0.1, 0.15) is 38.1 Å². The number of hydrogen-bond acceptors (Lipinski definition) is 5. The number of pyridine rings is 1. The SMILES string of the molecule is CC(C)Oc1cc2c(OCC3(C)CNCC3C)ccnc2cc1C(N)=O. The third-order valence-electron chi connectivity index (χ3n) is 5.16. The lowest BCUT2D eigenvalue weighted by molar-refractivity contribution is 0.0994. The summed E-state index contributed by atoms with van der Waals surface area (Å²) in [5.74, 6) is 1.20. The Morgan fingerprint density at radius 1 is 1.42 bits per heavy atom. The van der Waals surface area contributed by atoms with Gasteiger partial charge >= 0.3 is 0 Å². The number of carbonyl (C=O) groups excluding carboxylic acids is 1. The third kappa shape index (κ3) is 3.60. The molecule has 140 valence electrons. The van der Waals surface area contributed by atoms with Crippen LogP contribution in [0.25, 0.3) is 10.9 Å². The Balaban J connectivity index is 1.97. The maximum atomic E-state index is 11.8. The quantitative estimate of drug-likeness (QED) is 0.830. The standard InChI is InChI=1S/C20H27N3O3/c1-12(2)26-18-8-14-16(7-15(18)19(21)24)23-6-5-17(14)25-11-20(4)10-22-9-13(20)3/h5-8,12-13,22H,9-11H2,1-4H3,(H2,21,24). The van der Waals surface area contributed by atoms with Crippen molar-refractivity contribution in [3.05, 3.63) is 30.0 Å². The number of benzene rings is 1. The van der Waals surface area contributed by atoms with Crippen LogP contribution in [0.5, 0.6) is 11.5 Å².